The molecule has 21 heavy (non-hydrogen) atoms. The van der Waals surface area contributed by atoms with Crippen LogP contribution in [0.1, 0.15) is 50.3 Å². The van der Waals surface area contributed by atoms with Crippen LogP contribution in [0.25, 0.3) is 0 Å². The van der Waals surface area contributed by atoms with Gasteiger partial charge in [-0.05, 0) is 45.6 Å². The van der Waals surface area contributed by atoms with Gasteiger partial charge in [0.05, 0.1) is 5.69 Å². The summed E-state index contributed by atoms with van der Waals surface area (Å²) in [4.78, 5) is 2.51. The molecule has 1 aliphatic rings. The standard InChI is InChI=1S/C16H30N4O/c1-4-9-17-12-15-13(2)18-19(3)16(15)20-10-5-7-14(20)8-6-11-21/h14,17,21H,4-12H2,1-3H3. The van der Waals surface area contributed by atoms with Crippen LogP contribution in [0.5, 0.6) is 0 Å². The van der Waals surface area contributed by atoms with Gasteiger partial charge < -0.3 is 15.3 Å². The highest BCUT2D eigenvalue weighted by Gasteiger charge is 2.29. The van der Waals surface area contributed by atoms with Gasteiger partial charge in [-0.1, -0.05) is 6.92 Å². The van der Waals surface area contributed by atoms with Crippen LogP contribution in [0.2, 0.25) is 0 Å². The summed E-state index contributed by atoms with van der Waals surface area (Å²) >= 11 is 0. The van der Waals surface area contributed by atoms with E-state index in [0.717, 1.165) is 44.6 Å². The van der Waals surface area contributed by atoms with Crippen molar-refractivity contribution >= 4 is 5.82 Å². The van der Waals surface area contributed by atoms with Gasteiger partial charge in [-0.2, -0.15) is 5.10 Å². The molecule has 0 aromatic carbocycles. The minimum atomic E-state index is 0.291. The first-order valence-corrected chi connectivity index (χ1v) is 8.29. The number of hydrogen-bond acceptors (Lipinski definition) is 4. The fourth-order valence-electron chi connectivity index (χ4n) is 3.39. The Kier molecular flexibility index (Phi) is 6.06. The van der Waals surface area contributed by atoms with Gasteiger partial charge in [0.15, 0.2) is 0 Å². The quantitative estimate of drug-likeness (QED) is 0.720. The molecular weight excluding hydrogens is 264 g/mol. The van der Waals surface area contributed by atoms with Crippen LogP contribution in [0.4, 0.5) is 5.82 Å². The van der Waals surface area contributed by atoms with Crippen LogP contribution >= 0.6 is 0 Å². The summed E-state index contributed by atoms with van der Waals surface area (Å²) < 4.78 is 2.04. The van der Waals surface area contributed by atoms with Gasteiger partial charge in [-0.15, -0.1) is 0 Å². The van der Waals surface area contributed by atoms with Crippen molar-refractivity contribution in [3.63, 3.8) is 0 Å². The molecule has 0 saturated carbocycles. The number of hydrogen-bond donors (Lipinski definition) is 2. The molecule has 1 fully saturated rings. The number of aromatic nitrogens is 2. The zero-order valence-corrected chi connectivity index (χ0v) is 13.7. The summed E-state index contributed by atoms with van der Waals surface area (Å²) in [6.07, 6.45) is 5.58. The monoisotopic (exact) mass is 294 g/mol. The maximum absolute atomic E-state index is 9.09. The topological polar surface area (TPSA) is 53.3 Å². The Morgan fingerprint density at radius 2 is 2.24 bits per heavy atom. The number of aliphatic hydroxyl groups is 1. The summed E-state index contributed by atoms with van der Waals surface area (Å²) in [5.74, 6) is 1.27. The van der Waals surface area contributed by atoms with E-state index < -0.39 is 0 Å². The molecule has 2 rings (SSSR count). The van der Waals surface area contributed by atoms with Crippen LogP contribution in [0.15, 0.2) is 0 Å². The number of aliphatic hydroxyl groups excluding tert-OH is 1. The number of anilines is 1. The molecule has 0 aliphatic carbocycles. The van der Waals surface area contributed by atoms with E-state index in [4.69, 9.17) is 5.11 Å². The molecule has 0 amide bonds. The largest absolute Gasteiger partial charge is 0.396 e. The third-order valence-corrected chi connectivity index (χ3v) is 4.39. The lowest BCUT2D eigenvalue weighted by molar-refractivity contribution is 0.279. The summed E-state index contributed by atoms with van der Waals surface area (Å²) in [6.45, 7) is 7.63. The smallest absolute Gasteiger partial charge is 0.131 e. The van der Waals surface area contributed by atoms with E-state index in [9.17, 15) is 0 Å². The summed E-state index contributed by atoms with van der Waals surface area (Å²) in [7, 11) is 2.05. The highest BCUT2D eigenvalue weighted by Crippen LogP contribution is 2.31. The second kappa shape index (κ2) is 7.80. The number of aryl methyl sites for hydroxylation is 2. The third kappa shape index (κ3) is 3.77. The van der Waals surface area contributed by atoms with Gasteiger partial charge >= 0.3 is 0 Å². The van der Waals surface area contributed by atoms with Gasteiger partial charge in [-0.25, -0.2) is 0 Å². The van der Waals surface area contributed by atoms with Crippen molar-refractivity contribution in [2.24, 2.45) is 7.05 Å². The van der Waals surface area contributed by atoms with Gasteiger partial charge in [0.25, 0.3) is 0 Å². The minimum absolute atomic E-state index is 0.291. The lowest BCUT2D eigenvalue weighted by atomic mass is 10.1. The molecule has 1 saturated heterocycles. The van der Waals surface area contributed by atoms with E-state index in [0.29, 0.717) is 12.6 Å². The van der Waals surface area contributed by atoms with E-state index in [-0.39, 0.29) is 0 Å². The molecule has 1 aromatic heterocycles. The highest BCUT2D eigenvalue weighted by atomic mass is 16.2. The molecule has 1 atom stereocenters. The summed E-state index contributed by atoms with van der Waals surface area (Å²) in [5.41, 5.74) is 2.46. The Balaban J connectivity index is 2.16. The number of rotatable bonds is 8. The highest BCUT2D eigenvalue weighted by molar-refractivity contribution is 5.52. The van der Waals surface area contributed by atoms with E-state index in [1.165, 1.54) is 24.2 Å². The van der Waals surface area contributed by atoms with Gasteiger partial charge in [0.1, 0.15) is 5.82 Å². The predicted molar refractivity (Wildman–Crippen MR) is 86.6 cm³/mol. The van der Waals surface area contributed by atoms with Crippen LogP contribution in [-0.2, 0) is 13.6 Å². The molecule has 5 nitrogen and oxygen atoms in total. The molecule has 0 radical (unpaired) electrons. The minimum Gasteiger partial charge on any atom is -0.396 e. The van der Waals surface area contributed by atoms with Gasteiger partial charge in [-0.3, -0.25) is 4.68 Å². The van der Waals surface area contributed by atoms with Crippen LogP contribution in [0, 0.1) is 6.92 Å². The van der Waals surface area contributed by atoms with Crippen molar-refractivity contribution in [2.45, 2.75) is 58.5 Å². The van der Waals surface area contributed by atoms with E-state index in [2.05, 4.69) is 29.2 Å². The second-order valence-electron chi connectivity index (χ2n) is 6.04. The van der Waals surface area contributed by atoms with E-state index >= 15 is 0 Å². The first-order chi connectivity index (χ1) is 10.2. The average molecular weight is 294 g/mol. The van der Waals surface area contributed by atoms with Crippen molar-refractivity contribution in [2.75, 3.05) is 24.6 Å². The maximum Gasteiger partial charge on any atom is 0.131 e. The first kappa shape index (κ1) is 16.3. The second-order valence-corrected chi connectivity index (χ2v) is 6.04. The zero-order chi connectivity index (χ0) is 15.2. The maximum atomic E-state index is 9.09. The molecule has 120 valence electrons. The normalized spacial score (nSPS) is 18.7. The van der Waals surface area contributed by atoms with E-state index in [1.54, 1.807) is 0 Å². The fraction of sp³-hybridized carbons (Fsp3) is 0.812. The van der Waals surface area contributed by atoms with Gasteiger partial charge in [0.2, 0.25) is 0 Å². The molecule has 1 unspecified atom stereocenters. The zero-order valence-electron chi connectivity index (χ0n) is 13.7. The third-order valence-electron chi connectivity index (χ3n) is 4.39. The van der Waals surface area contributed by atoms with Crippen LogP contribution in [-0.4, -0.2) is 40.6 Å². The average Bonchev–Trinajstić information content (AvgIpc) is 3.01. The number of nitrogens with one attached hydrogen (secondary N) is 1. The Bertz CT molecular complexity index is 444. The Morgan fingerprint density at radius 3 is 2.95 bits per heavy atom. The summed E-state index contributed by atoms with van der Waals surface area (Å²) in [6, 6.07) is 0.553. The molecule has 1 aromatic rings. The Labute approximate surface area is 128 Å². The molecule has 0 spiro atoms. The Morgan fingerprint density at radius 1 is 1.43 bits per heavy atom. The van der Waals surface area contributed by atoms with Crippen molar-refractivity contribution in [3.05, 3.63) is 11.3 Å². The predicted octanol–water partition coefficient (Wildman–Crippen LogP) is 1.97. The molecule has 0 bridgehead atoms. The van der Waals surface area contributed by atoms with Crippen LogP contribution in [0.3, 0.4) is 0 Å². The lowest BCUT2D eigenvalue weighted by Crippen LogP contribution is -2.32. The molecule has 1 aliphatic heterocycles. The fourth-order valence-corrected chi connectivity index (χ4v) is 3.39. The molecular formula is C16H30N4O. The van der Waals surface area contributed by atoms with Crippen molar-refractivity contribution < 1.29 is 5.11 Å². The SMILES string of the molecule is CCCNCc1c(C)nn(C)c1N1CCCC1CCCO. The Hall–Kier alpha value is -1.07. The van der Waals surface area contributed by atoms with Crippen LogP contribution < -0.4 is 10.2 Å². The number of nitrogens with zero attached hydrogens (tertiary/aromatic N) is 3. The lowest BCUT2D eigenvalue weighted by Gasteiger charge is -2.28. The molecule has 2 heterocycles. The van der Waals surface area contributed by atoms with Crippen molar-refractivity contribution in [3.8, 4) is 0 Å². The summed E-state index contributed by atoms with van der Waals surface area (Å²) in [5, 5.41) is 17.2. The van der Waals surface area contributed by atoms with Gasteiger partial charge in [0, 0.05) is 38.3 Å². The van der Waals surface area contributed by atoms with Crippen molar-refractivity contribution in [1.29, 1.82) is 0 Å². The van der Waals surface area contributed by atoms with E-state index in [1.807, 2.05) is 11.7 Å². The molecule has 5 heteroatoms. The first-order valence-electron chi connectivity index (χ1n) is 8.29. The molecule has 2 N–H and O–H groups in total. The van der Waals surface area contributed by atoms with Crippen molar-refractivity contribution in [1.82, 2.24) is 15.1 Å².